The van der Waals surface area contributed by atoms with Crippen molar-refractivity contribution in [2.45, 2.75) is 0 Å². The van der Waals surface area contributed by atoms with Crippen LogP contribution in [-0.2, 0) is 0 Å². The van der Waals surface area contributed by atoms with Crippen LogP contribution < -0.4 is 5.73 Å². The van der Waals surface area contributed by atoms with Gasteiger partial charge in [0.05, 0.1) is 17.6 Å². The average Bonchev–Trinajstić information content (AvgIpc) is 2.81. The van der Waals surface area contributed by atoms with Crippen molar-refractivity contribution in [2.24, 2.45) is 0 Å². The molecule has 0 bridgehead atoms. The van der Waals surface area contributed by atoms with Gasteiger partial charge in [-0.1, -0.05) is 17.7 Å². The summed E-state index contributed by atoms with van der Waals surface area (Å²) in [4.78, 5) is 0. The maximum absolute atomic E-state index is 13.2. The first-order valence-corrected chi connectivity index (χ1v) is 7.28. The lowest BCUT2D eigenvalue weighted by atomic mass is 10.1. The van der Waals surface area contributed by atoms with E-state index < -0.39 is 0 Å². The number of rotatable bonds is 2. The zero-order valence-electron chi connectivity index (χ0n) is 10.7. The Kier molecular flexibility index (Phi) is 3.69. The highest BCUT2D eigenvalue weighted by molar-refractivity contribution is 9.10. The Morgan fingerprint density at radius 2 is 2.00 bits per heavy atom. The van der Waals surface area contributed by atoms with Gasteiger partial charge < -0.3 is 5.73 Å². The number of hydrogen-bond acceptors (Lipinski definition) is 2. The van der Waals surface area contributed by atoms with Gasteiger partial charge in [-0.3, -0.25) is 0 Å². The lowest BCUT2D eigenvalue weighted by Crippen LogP contribution is -1.94. The van der Waals surface area contributed by atoms with Gasteiger partial charge in [-0.2, -0.15) is 5.10 Å². The van der Waals surface area contributed by atoms with Crippen LogP contribution in [-0.4, -0.2) is 9.78 Å². The molecule has 0 aliphatic carbocycles. The van der Waals surface area contributed by atoms with E-state index in [1.807, 2.05) is 12.1 Å². The Balaban J connectivity index is 2.10. The molecule has 2 N–H and O–H groups in total. The first-order valence-electron chi connectivity index (χ1n) is 6.11. The minimum Gasteiger partial charge on any atom is -0.396 e. The third-order valence-electron chi connectivity index (χ3n) is 3.00. The standard InChI is InChI=1S/C15H10BrClFN3/c16-13-7-10(18)4-5-12(13)15-14(19)8-21(20-15)11-3-1-2-9(17)6-11/h1-8H,19H2. The first-order chi connectivity index (χ1) is 10.0. The number of aromatic nitrogens is 2. The van der Waals surface area contributed by atoms with Crippen molar-refractivity contribution < 1.29 is 4.39 Å². The number of halogens is 3. The van der Waals surface area contributed by atoms with Crippen LogP contribution in [0.25, 0.3) is 16.9 Å². The monoisotopic (exact) mass is 365 g/mol. The molecule has 0 aliphatic heterocycles. The number of nitrogens with two attached hydrogens (primary N) is 1. The average molecular weight is 367 g/mol. The Hall–Kier alpha value is -1.85. The minimum absolute atomic E-state index is 0.321. The van der Waals surface area contributed by atoms with E-state index in [4.69, 9.17) is 17.3 Å². The van der Waals surface area contributed by atoms with Crippen molar-refractivity contribution in [3.8, 4) is 16.9 Å². The molecule has 1 heterocycles. The van der Waals surface area contributed by atoms with Crippen molar-refractivity contribution in [1.82, 2.24) is 9.78 Å². The predicted molar refractivity (Wildman–Crippen MR) is 86.1 cm³/mol. The summed E-state index contributed by atoms with van der Waals surface area (Å²) in [5.41, 5.74) is 8.65. The van der Waals surface area contributed by atoms with Crippen molar-refractivity contribution in [3.05, 3.63) is 64.0 Å². The lowest BCUT2D eigenvalue weighted by molar-refractivity contribution is 0.627. The number of nitrogen functional groups attached to an aromatic ring is 1. The van der Waals surface area contributed by atoms with E-state index in [0.29, 0.717) is 20.9 Å². The van der Waals surface area contributed by atoms with E-state index in [1.165, 1.54) is 12.1 Å². The third-order valence-corrected chi connectivity index (χ3v) is 3.89. The molecule has 0 fully saturated rings. The van der Waals surface area contributed by atoms with Crippen molar-refractivity contribution in [3.63, 3.8) is 0 Å². The number of nitrogens with zero attached hydrogens (tertiary/aromatic N) is 2. The quantitative estimate of drug-likeness (QED) is 0.716. The molecule has 3 nitrogen and oxygen atoms in total. The molecule has 0 spiro atoms. The predicted octanol–water partition coefficient (Wildman–Crippen LogP) is 4.68. The van der Waals surface area contributed by atoms with Gasteiger partial charge in [0.1, 0.15) is 11.5 Å². The molecule has 1 aromatic heterocycles. The van der Waals surface area contributed by atoms with Crippen molar-refractivity contribution in [2.75, 3.05) is 5.73 Å². The summed E-state index contributed by atoms with van der Waals surface area (Å²) in [5.74, 6) is -0.321. The molecule has 0 radical (unpaired) electrons. The molecule has 0 atom stereocenters. The van der Waals surface area contributed by atoms with Gasteiger partial charge in [-0.25, -0.2) is 9.07 Å². The van der Waals surface area contributed by atoms with Crippen molar-refractivity contribution >= 4 is 33.2 Å². The molecule has 6 heteroatoms. The molecular formula is C15H10BrClFN3. The van der Waals surface area contributed by atoms with Crippen molar-refractivity contribution in [1.29, 1.82) is 0 Å². The van der Waals surface area contributed by atoms with Gasteiger partial charge in [-0.15, -0.1) is 0 Å². The van der Waals surface area contributed by atoms with Crippen LogP contribution in [0.5, 0.6) is 0 Å². The van der Waals surface area contributed by atoms with E-state index in [-0.39, 0.29) is 5.82 Å². The van der Waals surface area contributed by atoms with Crippen LogP contribution in [0.2, 0.25) is 5.02 Å². The molecule has 0 unspecified atom stereocenters. The summed E-state index contributed by atoms with van der Waals surface area (Å²) in [7, 11) is 0. The van der Waals surface area contributed by atoms with E-state index in [2.05, 4.69) is 21.0 Å². The van der Waals surface area contributed by atoms with Gasteiger partial charge in [0.25, 0.3) is 0 Å². The number of hydrogen-bond donors (Lipinski definition) is 1. The highest BCUT2D eigenvalue weighted by Crippen LogP contribution is 2.32. The fourth-order valence-electron chi connectivity index (χ4n) is 2.03. The molecule has 106 valence electrons. The van der Waals surface area contributed by atoms with E-state index in [1.54, 1.807) is 29.1 Å². The fourth-order valence-corrected chi connectivity index (χ4v) is 2.75. The second-order valence-electron chi connectivity index (χ2n) is 4.48. The first kappa shape index (κ1) is 14.1. The summed E-state index contributed by atoms with van der Waals surface area (Å²) < 4.78 is 15.4. The zero-order chi connectivity index (χ0) is 15.0. The molecule has 0 saturated heterocycles. The van der Waals surface area contributed by atoms with E-state index in [0.717, 1.165) is 11.3 Å². The molecule has 0 saturated carbocycles. The summed E-state index contributed by atoms with van der Waals surface area (Å²) in [6, 6.07) is 11.7. The normalized spacial score (nSPS) is 10.8. The van der Waals surface area contributed by atoms with Crippen LogP contribution in [0.1, 0.15) is 0 Å². The van der Waals surface area contributed by atoms with E-state index in [9.17, 15) is 4.39 Å². The summed E-state index contributed by atoms with van der Waals surface area (Å²) in [6.45, 7) is 0. The molecule has 2 aromatic carbocycles. The van der Waals surface area contributed by atoms with Crippen LogP contribution in [0.15, 0.2) is 53.1 Å². The van der Waals surface area contributed by atoms with Crippen LogP contribution >= 0.6 is 27.5 Å². The molecule has 3 rings (SSSR count). The molecule has 21 heavy (non-hydrogen) atoms. The zero-order valence-corrected chi connectivity index (χ0v) is 13.1. The molecule has 0 aliphatic rings. The Labute approximate surface area is 134 Å². The van der Waals surface area contributed by atoms with Gasteiger partial charge in [0.15, 0.2) is 0 Å². The smallest absolute Gasteiger partial charge is 0.124 e. The largest absolute Gasteiger partial charge is 0.396 e. The van der Waals surface area contributed by atoms with Gasteiger partial charge in [0, 0.05) is 15.1 Å². The second-order valence-corrected chi connectivity index (χ2v) is 5.77. The Morgan fingerprint density at radius 3 is 2.71 bits per heavy atom. The molecule has 3 aromatic rings. The number of benzene rings is 2. The van der Waals surface area contributed by atoms with Crippen LogP contribution in [0.4, 0.5) is 10.1 Å². The SMILES string of the molecule is Nc1cn(-c2cccc(Cl)c2)nc1-c1ccc(F)cc1Br. The summed E-state index contributed by atoms with van der Waals surface area (Å²) in [5, 5.41) is 5.08. The fraction of sp³-hybridized carbons (Fsp3) is 0. The van der Waals surface area contributed by atoms with Gasteiger partial charge in [-0.05, 0) is 52.3 Å². The van der Waals surface area contributed by atoms with Gasteiger partial charge >= 0.3 is 0 Å². The highest BCUT2D eigenvalue weighted by Gasteiger charge is 2.13. The third kappa shape index (κ3) is 2.80. The Bertz CT molecular complexity index is 816. The topological polar surface area (TPSA) is 43.8 Å². The van der Waals surface area contributed by atoms with Crippen LogP contribution in [0.3, 0.4) is 0 Å². The maximum Gasteiger partial charge on any atom is 0.124 e. The Morgan fingerprint density at radius 1 is 1.19 bits per heavy atom. The molecule has 0 amide bonds. The summed E-state index contributed by atoms with van der Waals surface area (Å²) >= 11 is 9.31. The lowest BCUT2D eigenvalue weighted by Gasteiger charge is -2.03. The maximum atomic E-state index is 13.2. The molecular weight excluding hydrogens is 357 g/mol. The highest BCUT2D eigenvalue weighted by atomic mass is 79.9. The minimum atomic E-state index is -0.321. The van der Waals surface area contributed by atoms with Crippen LogP contribution in [0, 0.1) is 5.82 Å². The number of anilines is 1. The second kappa shape index (κ2) is 5.50. The van der Waals surface area contributed by atoms with Gasteiger partial charge in [0.2, 0.25) is 0 Å². The van der Waals surface area contributed by atoms with E-state index >= 15 is 0 Å². The summed E-state index contributed by atoms with van der Waals surface area (Å²) in [6.07, 6.45) is 1.71.